The molecule has 0 fully saturated rings. The van der Waals surface area contributed by atoms with Crippen molar-refractivity contribution in [3.63, 3.8) is 0 Å². The fraction of sp³-hybridized carbons (Fsp3) is 0.800. The third-order valence-corrected chi connectivity index (χ3v) is 0.688. The first-order chi connectivity index (χ1) is 4.16. The van der Waals surface area contributed by atoms with Gasteiger partial charge in [0.2, 0.25) is 0 Å². The third kappa shape index (κ3) is 5.26. The van der Waals surface area contributed by atoms with E-state index in [1.165, 1.54) is 7.05 Å². The van der Waals surface area contributed by atoms with E-state index in [1.807, 2.05) is 6.92 Å². The summed E-state index contributed by atoms with van der Waals surface area (Å²) in [5.74, 6) is -0.414. The Morgan fingerprint density at radius 1 is 1.78 bits per heavy atom. The van der Waals surface area contributed by atoms with Crippen LogP contribution < -0.4 is 0 Å². The van der Waals surface area contributed by atoms with Gasteiger partial charge >= 0.3 is 5.97 Å². The predicted molar refractivity (Wildman–Crippen MR) is 30.5 cm³/mol. The van der Waals surface area contributed by atoms with Gasteiger partial charge in [-0.3, -0.25) is 10.0 Å². The smallest absolute Gasteiger partial charge is 0.328 e. The summed E-state index contributed by atoms with van der Waals surface area (Å²) in [5.41, 5.74) is 0. The van der Waals surface area contributed by atoms with Gasteiger partial charge in [-0.05, 0) is 11.6 Å². The van der Waals surface area contributed by atoms with Gasteiger partial charge in [0.1, 0.15) is 0 Å². The zero-order valence-electron chi connectivity index (χ0n) is 5.63. The second-order valence-electron chi connectivity index (χ2n) is 1.68. The summed E-state index contributed by atoms with van der Waals surface area (Å²) in [5, 5.41) is 8.74. The highest BCUT2D eigenvalue weighted by Crippen LogP contribution is 1.90. The number of nitrogens with zero attached hydrogens (tertiary/aromatic N) is 1. The minimum atomic E-state index is -0.414. The van der Waals surface area contributed by atoms with E-state index in [9.17, 15) is 4.79 Å². The lowest BCUT2D eigenvalue weighted by molar-refractivity contribution is -0.301. The van der Waals surface area contributed by atoms with Crippen molar-refractivity contribution in [2.24, 2.45) is 0 Å². The maximum absolute atomic E-state index is 10.4. The number of rotatable bonds is 3. The lowest BCUT2D eigenvalue weighted by Crippen LogP contribution is -2.18. The minimum absolute atomic E-state index is 0.338. The molecule has 0 aliphatic rings. The maximum Gasteiger partial charge on any atom is 0.328 e. The maximum atomic E-state index is 10.4. The van der Waals surface area contributed by atoms with Gasteiger partial charge in [-0.2, -0.15) is 0 Å². The van der Waals surface area contributed by atoms with Crippen LogP contribution in [0.15, 0.2) is 0 Å². The molecule has 4 nitrogen and oxygen atoms in total. The number of hydrogen-bond acceptors (Lipinski definition) is 4. The summed E-state index contributed by atoms with van der Waals surface area (Å²) < 4.78 is 0. The molecule has 1 N–H and O–H groups in total. The Balaban J connectivity index is 3.27. The van der Waals surface area contributed by atoms with Crippen molar-refractivity contribution in [2.45, 2.75) is 19.8 Å². The average molecular weight is 133 g/mol. The molecule has 0 atom stereocenters. The van der Waals surface area contributed by atoms with Crippen LogP contribution in [0.3, 0.4) is 0 Å². The average Bonchev–Trinajstić information content (AvgIpc) is 1.63. The van der Waals surface area contributed by atoms with Crippen molar-refractivity contribution in [1.82, 2.24) is 5.23 Å². The van der Waals surface area contributed by atoms with Crippen molar-refractivity contribution in [2.75, 3.05) is 7.05 Å². The van der Waals surface area contributed by atoms with Crippen molar-refractivity contribution in [1.29, 1.82) is 0 Å². The number of carbonyl (C=O) groups excluding carboxylic acids is 1. The summed E-state index contributed by atoms with van der Waals surface area (Å²) >= 11 is 0. The van der Waals surface area contributed by atoms with E-state index in [1.54, 1.807) is 0 Å². The SMILES string of the molecule is CCCC(=O)ON(C)O. The molecule has 4 heteroatoms. The summed E-state index contributed by atoms with van der Waals surface area (Å²) in [6.07, 6.45) is 1.07. The van der Waals surface area contributed by atoms with Gasteiger partial charge in [-0.25, -0.2) is 0 Å². The highest BCUT2D eigenvalue weighted by molar-refractivity contribution is 5.68. The van der Waals surface area contributed by atoms with E-state index >= 15 is 0 Å². The molecule has 0 bridgehead atoms. The monoisotopic (exact) mass is 133 g/mol. The van der Waals surface area contributed by atoms with E-state index in [4.69, 9.17) is 5.21 Å². The third-order valence-electron chi connectivity index (χ3n) is 0.688. The first kappa shape index (κ1) is 8.39. The van der Waals surface area contributed by atoms with Crippen LogP contribution in [0.25, 0.3) is 0 Å². The molecule has 0 rings (SSSR count). The molecular formula is C5H11NO3. The summed E-state index contributed by atoms with van der Waals surface area (Å²) in [7, 11) is 1.24. The summed E-state index contributed by atoms with van der Waals surface area (Å²) in [6.45, 7) is 1.86. The molecule has 0 unspecified atom stereocenters. The molecule has 0 spiro atoms. The Kier molecular flexibility index (Phi) is 4.00. The minimum Gasteiger partial charge on any atom is -0.343 e. The van der Waals surface area contributed by atoms with Crippen LogP contribution in [0, 0.1) is 0 Å². The highest BCUT2D eigenvalue weighted by Gasteiger charge is 2.01. The van der Waals surface area contributed by atoms with Gasteiger partial charge in [0, 0.05) is 6.42 Å². The van der Waals surface area contributed by atoms with Gasteiger partial charge < -0.3 is 4.84 Å². The van der Waals surface area contributed by atoms with Crippen LogP contribution >= 0.6 is 0 Å². The van der Waals surface area contributed by atoms with Crippen LogP contribution in [0.2, 0.25) is 0 Å². The van der Waals surface area contributed by atoms with Crippen molar-refractivity contribution in [3.05, 3.63) is 0 Å². The zero-order chi connectivity index (χ0) is 7.28. The Morgan fingerprint density at radius 3 is 2.67 bits per heavy atom. The molecule has 0 amide bonds. The van der Waals surface area contributed by atoms with E-state index < -0.39 is 5.97 Å². The lowest BCUT2D eigenvalue weighted by Gasteiger charge is -2.05. The molecule has 0 radical (unpaired) electrons. The molecule has 0 saturated carbocycles. The van der Waals surface area contributed by atoms with Gasteiger partial charge in [0.25, 0.3) is 0 Å². The van der Waals surface area contributed by atoms with Gasteiger partial charge in [-0.15, -0.1) is 0 Å². The first-order valence-electron chi connectivity index (χ1n) is 2.80. The van der Waals surface area contributed by atoms with Crippen LogP contribution in [0.4, 0.5) is 0 Å². The second kappa shape index (κ2) is 4.29. The molecule has 0 aromatic heterocycles. The molecule has 0 saturated heterocycles. The Bertz CT molecular complexity index is 92.2. The highest BCUT2D eigenvalue weighted by atomic mass is 16.9. The quantitative estimate of drug-likeness (QED) is 0.572. The molecule has 0 aliphatic carbocycles. The molecule has 54 valence electrons. The van der Waals surface area contributed by atoms with E-state index in [2.05, 4.69) is 4.84 Å². The Labute approximate surface area is 53.9 Å². The number of hydroxylamine groups is 2. The molecule has 9 heavy (non-hydrogen) atoms. The standard InChI is InChI=1S/C5H11NO3/c1-3-4-5(7)9-6(2)8/h8H,3-4H2,1-2H3. The summed E-state index contributed by atoms with van der Waals surface area (Å²) in [6, 6.07) is 0. The van der Waals surface area contributed by atoms with Gasteiger partial charge in [-0.1, -0.05) is 6.92 Å². The second-order valence-corrected chi connectivity index (χ2v) is 1.68. The first-order valence-corrected chi connectivity index (χ1v) is 2.80. The van der Waals surface area contributed by atoms with Crippen molar-refractivity contribution in [3.8, 4) is 0 Å². The van der Waals surface area contributed by atoms with Crippen molar-refractivity contribution < 1.29 is 14.8 Å². The molecule has 0 aromatic carbocycles. The van der Waals surface area contributed by atoms with E-state index in [0.717, 1.165) is 6.42 Å². The largest absolute Gasteiger partial charge is 0.343 e. The van der Waals surface area contributed by atoms with E-state index in [-0.39, 0.29) is 0 Å². The van der Waals surface area contributed by atoms with Gasteiger partial charge in [0.05, 0.1) is 7.05 Å². The fourth-order valence-corrected chi connectivity index (χ4v) is 0.397. The van der Waals surface area contributed by atoms with Crippen LogP contribution in [-0.4, -0.2) is 23.5 Å². The molecular weight excluding hydrogens is 122 g/mol. The lowest BCUT2D eigenvalue weighted by atomic mass is 10.3. The Morgan fingerprint density at radius 2 is 2.33 bits per heavy atom. The van der Waals surface area contributed by atoms with Crippen LogP contribution in [-0.2, 0) is 9.63 Å². The van der Waals surface area contributed by atoms with Gasteiger partial charge in [0.15, 0.2) is 0 Å². The summed E-state index contributed by atoms with van der Waals surface area (Å²) in [4.78, 5) is 14.7. The number of carbonyl (C=O) groups is 1. The topological polar surface area (TPSA) is 49.8 Å². The van der Waals surface area contributed by atoms with Crippen LogP contribution in [0.5, 0.6) is 0 Å². The van der Waals surface area contributed by atoms with Crippen molar-refractivity contribution >= 4 is 5.97 Å². The molecule has 0 aromatic rings. The van der Waals surface area contributed by atoms with E-state index in [0.29, 0.717) is 11.6 Å². The van der Waals surface area contributed by atoms with Crippen LogP contribution in [0.1, 0.15) is 19.8 Å². The fourth-order valence-electron chi connectivity index (χ4n) is 0.397. The Hall–Kier alpha value is -0.610. The molecule has 0 heterocycles. The molecule has 0 aliphatic heterocycles. The normalized spacial score (nSPS) is 9.78. The zero-order valence-corrected chi connectivity index (χ0v) is 5.63. The number of hydrogen-bond donors (Lipinski definition) is 1. The predicted octanol–water partition coefficient (Wildman–Crippen LogP) is 0.566.